The third kappa shape index (κ3) is 2.91. The maximum atomic E-state index is 5.94. The van der Waals surface area contributed by atoms with E-state index in [0.717, 1.165) is 27.7 Å². The summed E-state index contributed by atoms with van der Waals surface area (Å²) >= 11 is 1.66. The molecule has 5 heteroatoms. The molecule has 0 amide bonds. The first kappa shape index (κ1) is 13.1. The van der Waals surface area contributed by atoms with Crippen LogP contribution in [-0.2, 0) is 7.05 Å². The summed E-state index contributed by atoms with van der Waals surface area (Å²) in [6.45, 7) is 4.05. The second-order valence-electron chi connectivity index (χ2n) is 4.28. The fourth-order valence-electron chi connectivity index (χ4n) is 1.68. The van der Waals surface area contributed by atoms with Gasteiger partial charge in [0.1, 0.15) is 0 Å². The normalized spacial score (nSPS) is 12.7. The van der Waals surface area contributed by atoms with Gasteiger partial charge in [-0.2, -0.15) is 5.10 Å². The number of hydrogen-bond acceptors (Lipinski definition) is 4. The van der Waals surface area contributed by atoms with Crippen molar-refractivity contribution in [2.75, 3.05) is 0 Å². The third-order valence-corrected chi connectivity index (χ3v) is 3.83. The summed E-state index contributed by atoms with van der Waals surface area (Å²) in [4.78, 5) is 5.51. The van der Waals surface area contributed by atoms with E-state index in [9.17, 15) is 0 Å². The zero-order chi connectivity index (χ0) is 13.1. The molecule has 0 spiro atoms. The first-order chi connectivity index (χ1) is 8.60. The van der Waals surface area contributed by atoms with E-state index >= 15 is 0 Å². The molecule has 2 aromatic heterocycles. The molecular formula is C13H18N4S. The molecule has 0 aliphatic heterocycles. The fraction of sp³-hybridized carbons (Fsp3) is 0.385. The Bertz CT molecular complexity index is 518. The van der Waals surface area contributed by atoms with Gasteiger partial charge in [-0.1, -0.05) is 18.7 Å². The Morgan fingerprint density at radius 2 is 2.22 bits per heavy atom. The second kappa shape index (κ2) is 5.54. The van der Waals surface area contributed by atoms with E-state index < -0.39 is 0 Å². The smallest absolute Gasteiger partial charge is 0.0987 e. The van der Waals surface area contributed by atoms with Crippen LogP contribution in [0.25, 0.3) is 0 Å². The molecular weight excluding hydrogens is 244 g/mol. The van der Waals surface area contributed by atoms with E-state index in [0.29, 0.717) is 0 Å². The Balaban J connectivity index is 2.13. The average molecular weight is 262 g/mol. The maximum absolute atomic E-state index is 5.94. The van der Waals surface area contributed by atoms with Crippen LogP contribution in [0.2, 0.25) is 0 Å². The van der Waals surface area contributed by atoms with Crippen molar-refractivity contribution in [2.24, 2.45) is 12.8 Å². The molecule has 18 heavy (non-hydrogen) atoms. The minimum atomic E-state index is 0.0306. The molecule has 2 N–H and O–H groups in total. The minimum absolute atomic E-state index is 0.0306. The summed E-state index contributed by atoms with van der Waals surface area (Å²) in [5.74, 6) is 0. The van der Waals surface area contributed by atoms with Crippen molar-refractivity contribution in [3.8, 4) is 0 Å². The Morgan fingerprint density at radius 1 is 1.44 bits per heavy atom. The molecule has 0 aliphatic carbocycles. The first-order valence-electron chi connectivity index (χ1n) is 6.00. The Hall–Kier alpha value is -1.33. The monoisotopic (exact) mass is 262 g/mol. The highest BCUT2D eigenvalue weighted by Crippen LogP contribution is 2.27. The van der Waals surface area contributed by atoms with Crippen LogP contribution in [0.5, 0.6) is 0 Å². The van der Waals surface area contributed by atoms with Gasteiger partial charge in [-0.25, -0.2) is 0 Å². The number of nitrogens with two attached hydrogens (primary N) is 1. The van der Waals surface area contributed by atoms with E-state index in [-0.39, 0.29) is 6.04 Å². The Morgan fingerprint density at radius 3 is 2.72 bits per heavy atom. The van der Waals surface area contributed by atoms with Gasteiger partial charge in [-0.3, -0.25) is 9.67 Å². The Kier molecular flexibility index (Phi) is 4.04. The van der Waals surface area contributed by atoms with Gasteiger partial charge >= 0.3 is 0 Å². The van der Waals surface area contributed by atoms with Crippen LogP contribution in [0.1, 0.15) is 30.8 Å². The molecule has 0 unspecified atom stereocenters. The number of hydrogen-bond donors (Lipinski definition) is 1. The van der Waals surface area contributed by atoms with Crippen LogP contribution in [0, 0.1) is 6.92 Å². The van der Waals surface area contributed by atoms with Crippen molar-refractivity contribution in [3.63, 3.8) is 0 Å². The number of nitrogens with zero attached hydrogens (tertiary/aromatic N) is 3. The molecule has 0 saturated heterocycles. The Labute approximate surface area is 112 Å². The molecule has 1 atom stereocenters. The minimum Gasteiger partial charge on any atom is -0.323 e. The SMILES string of the molecule is CC[C@H](N)c1ccc(Sc2cc(C)nn2C)cn1. The predicted molar refractivity (Wildman–Crippen MR) is 73.5 cm³/mol. The van der Waals surface area contributed by atoms with Gasteiger partial charge in [-0.05, 0) is 31.5 Å². The lowest BCUT2D eigenvalue weighted by Gasteiger charge is -2.08. The van der Waals surface area contributed by atoms with E-state index in [2.05, 4.69) is 29.1 Å². The molecule has 0 aliphatic rings. The molecule has 0 saturated carbocycles. The van der Waals surface area contributed by atoms with Gasteiger partial charge in [0.15, 0.2) is 0 Å². The first-order valence-corrected chi connectivity index (χ1v) is 6.82. The van der Waals surface area contributed by atoms with Gasteiger partial charge in [0.25, 0.3) is 0 Å². The molecule has 0 fully saturated rings. The van der Waals surface area contributed by atoms with Gasteiger partial charge < -0.3 is 5.73 Å². The highest BCUT2D eigenvalue weighted by molar-refractivity contribution is 7.99. The standard InChI is InChI=1S/C13H18N4S/c1-4-11(14)12-6-5-10(8-15-12)18-13-7-9(2)16-17(13)3/h5-8,11H,4,14H2,1-3H3/t11-/m0/s1. The van der Waals surface area contributed by atoms with Crippen molar-refractivity contribution < 1.29 is 0 Å². The molecule has 2 aromatic rings. The number of aryl methyl sites for hydroxylation is 2. The van der Waals surface area contributed by atoms with E-state index in [4.69, 9.17) is 5.73 Å². The van der Waals surface area contributed by atoms with Crippen molar-refractivity contribution in [2.45, 2.75) is 36.2 Å². The lowest BCUT2D eigenvalue weighted by molar-refractivity contribution is 0.673. The maximum Gasteiger partial charge on any atom is 0.0987 e. The molecule has 4 nitrogen and oxygen atoms in total. The largest absolute Gasteiger partial charge is 0.323 e. The topological polar surface area (TPSA) is 56.7 Å². The van der Waals surface area contributed by atoms with E-state index in [1.54, 1.807) is 11.8 Å². The molecule has 96 valence electrons. The van der Waals surface area contributed by atoms with Crippen LogP contribution >= 0.6 is 11.8 Å². The quantitative estimate of drug-likeness (QED) is 0.920. The molecule has 0 bridgehead atoms. The summed E-state index contributed by atoms with van der Waals surface area (Å²) in [5.41, 5.74) is 7.91. The molecule has 2 heterocycles. The fourth-order valence-corrected chi connectivity index (χ4v) is 2.57. The summed E-state index contributed by atoms with van der Waals surface area (Å²) in [6, 6.07) is 6.16. The number of aromatic nitrogens is 3. The van der Waals surface area contributed by atoms with E-state index in [1.165, 1.54) is 0 Å². The van der Waals surface area contributed by atoms with Gasteiger partial charge in [-0.15, -0.1) is 0 Å². The van der Waals surface area contributed by atoms with Crippen LogP contribution in [0.15, 0.2) is 34.3 Å². The number of rotatable bonds is 4. The van der Waals surface area contributed by atoms with Crippen LogP contribution < -0.4 is 5.73 Å². The van der Waals surface area contributed by atoms with Crippen LogP contribution in [0.3, 0.4) is 0 Å². The second-order valence-corrected chi connectivity index (χ2v) is 5.38. The van der Waals surface area contributed by atoms with Crippen molar-refractivity contribution in [3.05, 3.63) is 35.8 Å². The van der Waals surface area contributed by atoms with Crippen molar-refractivity contribution in [1.29, 1.82) is 0 Å². The van der Waals surface area contributed by atoms with E-state index in [1.807, 2.05) is 30.9 Å². The number of pyridine rings is 1. The van der Waals surface area contributed by atoms with Crippen LogP contribution in [-0.4, -0.2) is 14.8 Å². The van der Waals surface area contributed by atoms with Crippen LogP contribution in [0.4, 0.5) is 0 Å². The molecule has 2 rings (SSSR count). The molecule has 0 radical (unpaired) electrons. The zero-order valence-corrected chi connectivity index (χ0v) is 11.7. The molecule has 0 aromatic carbocycles. The lowest BCUT2D eigenvalue weighted by atomic mass is 10.1. The average Bonchev–Trinajstić information content (AvgIpc) is 2.68. The zero-order valence-electron chi connectivity index (χ0n) is 10.9. The van der Waals surface area contributed by atoms with Gasteiger partial charge in [0.2, 0.25) is 0 Å². The van der Waals surface area contributed by atoms with Crippen molar-refractivity contribution in [1.82, 2.24) is 14.8 Å². The van der Waals surface area contributed by atoms with Crippen molar-refractivity contribution >= 4 is 11.8 Å². The highest BCUT2D eigenvalue weighted by Gasteiger charge is 2.07. The lowest BCUT2D eigenvalue weighted by Crippen LogP contribution is -2.10. The summed E-state index contributed by atoms with van der Waals surface area (Å²) in [5, 5.41) is 5.43. The highest BCUT2D eigenvalue weighted by atomic mass is 32.2. The summed E-state index contributed by atoms with van der Waals surface area (Å²) in [6.07, 6.45) is 2.78. The third-order valence-electron chi connectivity index (χ3n) is 2.76. The van der Waals surface area contributed by atoms with Gasteiger partial charge in [0.05, 0.1) is 16.4 Å². The predicted octanol–water partition coefficient (Wildman–Crippen LogP) is 2.68. The summed E-state index contributed by atoms with van der Waals surface area (Å²) in [7, 11) is 1.95. The summed E-state index contributed by atoms with van der Waals surface area (Å²) < 4.78 is 1.88. The van der Waals surface area contributed by atoms with Gasteiger partial charge in [0, 0.05) is 24.2 Å².